The lowest BCUT2D eigenvalue weighted by Crippen LogP contribution is -2.49. The van der Waals surface area contributed by atoms with Gasteiger partial charge >= 0.3 is 0 Å². The highest BCUT2D eigenvalue weighted by atomic mass is 32.2. The van der Waals surface area contributed by atoms with Gasteiger partial charge in [0.15, 0.2) is 9.84 Å². The van der Waals surface area contributed by atoms with E-state index >= 15 is 0 Å². The van der Waals surface area contributed by atoms with Crippen molar-refractivity contribution < 1.29 is 13.2 Å². The van der Waals surface area contributed by atoms with Gasteiger partial charge in [-0.2, -0.15) is 0 Å². The normalized spacial score (nSPS) is 18.8. The Kier molecular flexibility index (Phi) is 4.19. The third-order valence-electron chi connectivity index (χ3n) is 3.15. The fraction of sp³-hybridized carbons (Fsp3) is 0.909. The predicted octanol–water partition coefficient (Wildman–Crippen LogP) is 0.0663. The Morgan fingerprint density at radius 2 is 1.94 bits per heavy atom. The predicted molar refractivity (Wildman–Crippen MR) is 67.6 cm³/mol. The van der Waals surface area contributed by atoms with Crippen LogP contribution in [0.4, 0.5) is 0 Å². The van der Waals surface area contributed by atoms with Crippen LogP contribution >= 0.6 is 0 Å². The van der Waals surface area contributed by atoms with Crippen LogP contribution in [0.5, 0.6) is 0 Å². The van der Waals surface area contributed by atoms with Crippen molar-refractivity contribution in [1.82, 2.24) is 10.6 Å². The SMILES string of the molecule is CC(NCC(C)(C)S(C)(=O)=O)C(=O)NC1CC1. The summed E-state index contributed by atoms with van der Waals surface area (Å²) in [4.78, 5) is 11.6. The van der Waals surface area contributed by atoms with Crippen LogP contribution in [0.2, 0.25) is 0 Å². The van der Waals surface area contributed by atoms with Crippen molar-refractivity contribution in [2.24, 2.45) is 0 Å². The number of amides is 1. The van der Waals surface area contributed by atoms with Gasteiger partial charge in [-0.1, -0.05) is 0 Å². The van der Waals surface area contributed by atoms with E-state index < -0.39 is 14.6 Å². The van der Waals surface area contributed by atoms with E-state index in [1.165, 1.54) is 6.26 Å². The number of rotatable bonds is 6. The van der Waals surface area contributed by atoms with Crippen LogP contribution in [0.25, 0.3) is 0 Å². The monoisotopic (exact) mass is 262 g/mol. The summed E-state index contributed by atoms with van der Waals surface area (Å²) in [6.45, 7) is 5.32. The smallest absolute Gasteiger partial charge is 0.237 e. The zero-order valence-corrected chi connectivity index (χ0v) is 11.7. The molecule has 1 saturated carbocycles. The summed E-state index contributed by atoms with van der Waals surface area (Å²) in [5.74, 6) is -0.0585. The lowest BCUT2D eigenvalue weighted by molar-refractivity contribution is -0.122. The maximum absolute atomic E-state index is 11.6. The van der Waals surface area contributed by atoms with Crippen LogP contribution in [0, 0.1) is 0 Å². The molecule has 1 atom stereocenters. The van der Waals surface area contributed by atoms with Gasteiger partial charge in [-0.15, -0.1) is 0 Å². The van der Waals surface area contributed by atoms with Gasteiger partial charge in [0.1, 0.15) is 0 Å². The second kappa shape index (κ2) is 4.94. The van der Waals surface area contributed by atoms with E-state index in [0.717, 1.165) is 12.8 Å². The summed E-state index contributed by atoms with van der Waals surface area (Å²) >= 11 is 0. The number of hydrogen-bond donors (Lipinski definition) is 2. The van der Waals surface area contributed by atoms with Crippen LogP contribution < -0.4 is 10.6 Å². The van der Waals surface area contributed by atoms with Gasteiger partial charge < -0.3 is 10.6 Å². The van der Waals surface area contributed by atoms with E-state index in [1.54, 1.807) is 20.8 Å². The summed E-state index contributed by atoms with van der Waals surface area (Å²) in [5.41, 5.74) is 0. The largest absolute Gasteiger partial charge is 0.352 e. The van der Waals surface area contributed by atoms with Crippen molar-refractivity contribution in [3.8, 4) is 0 Å². The van der Waals surface area contributed by atoms with Crippen LogP contribution in [0.1, 0.15) is 33.6 Å². The molecule has 0 aromatic carbocycles. The van der Waals surface area contributed by atoms with Crippen LogP contribution in [0.15, 0.2) is 0 Å². The highest BCUT2D eigenvalue weighted by Crippen LogP contribution is 2.18. The van der Waals surface area contributed by atoms with Crippen molar-refractivity contribution in [3.63, 3.8) is 0 Å². The molecule has 2 N–H and O–H groups in total. The molecule has 0 heterocycles. The first-order valence-corrected chi connectivity index (χ1v) is 7.76. The van der Waals surface area contributed by atoms with Gasteiger partial charge in [0.25, 0.3) is 0 Å². The number of carbonyl (C=O) groups is 1. The summed E-state index contributed by atoms with van der Waals surface area (Å²) < 4.78 is 22.1. The maximum Gasteiger partial charge on any atom is 0.237 e. The molecule has 1 unspecified atom stereocenters. The molecule has 0 aromatic rings. The molecule has 17 heavy (non-hydrogen) atoms. The van der Waals surface area contributed by atoms with E-state index in [1.807, 2.05) is 0 Å². The quantitative estimate of drug-likeness (QED) is 0.710. The van der Waals surface area contributed by atoms with Crippen LogP contribution in [-0.4, -0.2) is 44.0 Å². The molecule has 0 saturated heterocycles. The molecule has 0 radical (unpaired) electrons. The number of hydrogen-bond acceptors (Lipinski definition) is 4. The van der Waals surface area contributed by atoms with E-state index in [0.29, 0.717) is 6.04 Å². The van der Waals surface area contributed by atoms with Crippen molar-refractivity contribution in [2.45, 2.75) is 50.4 Å². The molecule has 6 heteroatoms. The molecule has 100 valence electrons. The summed E-state index contributed by atoms with van der Waals surface area (Å²) in [7, 11) is -3.13. The Hall–Kier alpha value is -0.620. The summed E-state index contributed by atoms with van der Waals surface area (Å²) in [5, 5.41) is 5.85. The minimum atomic E-state index is -3.13. The zero-order valence-electron chi connectivity index (χ0n) is 10.9. The molecule has 1 aliphatic rings. The molecule has 5 nitrogen and oxygen atoms in total. The summed E-state index contributed by atoms with van der Waals surface area (Å²) in [6.07, 6.45) is 3.31. The molecule has 0 spiro atoms. The molecule has 0 aromatic heterocycles. The minimum absolute atomic E-state index is 0.0585. The second-order valence-electron chi connectivity index (χ2n) is 5.42. The molecule has 0 aliphatic heterocycles. The molecule has 1 amide bonds. The average Bonchev–Trinajstić information content (AvgIpc) is 2.96. The average molecular weight is 262 g/mol. The number of carbonyl (C=O) groups excluding carboxylic acids is 1. The van der Waals surface area contributed by atoms with Crippen molar-refractivity contribution in [3.05, 3.63) is 0 Å². The Balaban J connectivity index is 2.41. The Morgan fingerprint density at radius 1 is 1.41 bits per heavy atom. The van der Waals surface area contributed by atoms with Gasteiger partial charge in [-0.3, -0.25) is 4.79 Å². The lowest BCUT2D eigenvalue weighted by atomic mass is 10.2. The van der Waals surface area contributed by atoms with Crippen LogP contribution in [-0.2, 0) is 14.6 Å². The fourth-order valence-corrected chi connectivity index (χ4v) is 1.52. The first-order chi connectivity index (χ1) is 7.63. The van der Waals surface area contributed by atoms with E-state index in [2.05, 4.69) is 10.6 Å². The topological polar surface area (TPSA) is 75.3 Å². The van der Waals surface area contributed by atoms with E-state index in [-0.39, 0.29) is 18.5 Å². The summed E-state index contributed by atoms with van der Waals surface area (Å²) in [6, 6.07) is -0.0358. The van der Waals surface area contributed by atoms with Gasteiger partial charge in [-0.25, -0.2) is 8.42 Å². The van der Waals surface area contributed by atoms with Crippen molar-refractivity contribution in [2.75, 3.05) is 12.8 Å². The Labute approximate surface area is 103 Å². The van der Waals surface area contributed by atoms with Crippen LogP contribution in [0.3, 0.4) is 0 Å². The third kappa shape index (κ3) is 4.27. The maximum atomic E-state index is 11.6. The van der Waals surface area contributed by atoms with Gasteiger partial charge in [0, 0.05) is 18.8 Å². The third-order valence-corrected chi connectivity index (χ3v) is 5.31. The van der Waals surface area contributed by atoms with Gasteiger partial charge in [-0.05, 0) is 33.6 Å². The van der Waals surface area contributed by atoms with Crippen molar-refractivity contribution >= 4 is 15.7 Å². The number of nitrogens with one attached hydrogen (secondary N) is 2. The van der Waals surface area contributed by atoms with Gasteiger partial charge in [0.2, 0.25) is 5.91 Å². The minimum Gasteiger partial charge on any atom is -0.352 e. The first-order valence-electron chi connectivity index (χ1n) is 5.87. The second-order valence-corrected chi connectivity index (χ2v) is 8.07. The molecular weight excluding hydrogens is 240 g/mol. The highest BCUT2D eigenvalue weighted by molar-refractivity contribution is 7.92. The molecule has 0 bridgehead atoms. The van der Waals surface area contributed by atoms with Gasteiger partial charge in [0.05, 0.1) is 10.8 Å². The van der Waals surface area contributed by atoms with E-state index in [9.17, 15) is 13.2 Å². The zero-order chi connectivity index (χ0) is 13.3. The standard InChI is InChI=1S/C11H22N2O3S/c1-8(10(14)13-9-5-6-9)12-7-11(2,3)17(4,15)16/h8-9,12H,5-7H2,1-4H3,(H,13,14). The Bertz CT molecular complexity index is 386. The molecular formula is C11H22N2O3S. The molecule has 1 rings (SSSR count). The lowest BCUT2D eigenvalue weighted by Gasteiger charge is -2.25. The fourth-order valence-electron chi connectivity index (χ4n) is 1.18. The first kappa shape index (κ1) is 14.4. The highest BCUT2D eigenvalue weighted by Gasteiger charge is 2.31. The Morgan fingerprint density at radius 3 is 2.35 bits per heavy atom. The number of sulfone groups is 1. The molecule has 1 aliphatic carbocycles. The van der Waals surface area contributed by atoms with Crippen molar-refractivity contribution in [1.29, 1.82) is 0 Å². The molecule has 1 fully saturated rings. The van der Waals surface area contributed by atoms with E-state index in [4.69, 9.17) is 0 Å².